The monoisotopic (exact) mass is 650 g/mol. The van der Waals surface area contributed by atoms with Crippen LogP contribution in [-0.2, 0) is 0 Å². The molecule has 0 atom stereocenters. The lowest BCUT2D eigenvalue weighted by molar-refractivity contribution is 0.669. The zero-order valence-electron chi connectivity index (χ0n) is 27.6. The lowest BCUT2D eigenvalue weighted by atomic mass is 9.95. The van der Waals surface area contributed by atoms with Gasteiger partial charge in [0.1, 0.15) is 11.2 Å². The maximum Gasteiger partial charge on any atom is 0.136 e. The van der Waals surface area contributed by atoms with Gasteiger partial charge >= 0.3 is 0 Å². The second-order valence-electron chi connectivity index (χ2n) is 13.4. The Balaban J connectivity index is 0.996. The number of hydrogen-bond acceptors (Lipinski definition) is 1. The lowest BCUT2D eigenvalue weighted by Gasteiger charge is -2.10. The van der Waals surface area contributed by atoms with Gasteiger partial charge in [-0.15, -0.1) is 0 Å². The fraction of sp³-hybridized carbons (Fsp3) is 0. The van der Waals surface area contributed by atoms with E-state index in [4.69, 9.17) is 4.42 Å². The number of furan rings is 1. The van der Waals surface area contributed by atoms with E-state index in [-0.39, 0.29) is 0 Å². The number of nitrogens with zero attached hydrogens (tertiary/aromatic N) is 1. The van der Waals surface area contributed by atoms with Crippen LogP contribution in [0.5, 0.6) is 0 Å². The molecule has 0 unspecified atom stereocenters. The number of nitrogens with one attached hydrogen (secondary N) is 1. The van der Waals surface area contributed by atoms with Crippen molar-refractivity contribution in [2.75, 3.05) is 0 Å². The highest BCUT2D eigenvalue weighted by atomic mass is 16.3. The fourth-order valence-electron chi connectivity index (χ4n) is 8.14. The number of H-pyrrole nitrogens is 1. The number of benzene rings is 8. The van der Waals surface area contributed by atoms with Gasteiger partial charge in [-0.3, -0.25) is 0 Å². The van der Waals surface area contributed by atoms with E-state index in [0.29, 0.717) is 0 Å². The average molecular weight is 651 g/mol. The van der Waals surface area contributed by atoms with Gasteiger partial charge in [0.2, 0.25) is 0 Å². The van der Waals surface area contributed by atoms with Crippen LogP contribution in [0.25, 0.3) is 105 Å². The van der Waals surface area contributed by atoms with Gasteiger partial charge in [0.05, 0.1) is 16.6 Å². The van der Waals surface area contributed by atoms with Crippen LogP contribution in [0.3, 0.4) is 0 Å². The van der Waals surface area contributed by atoms with Crippen molar-refractivity contribution < 1.29 is 4.42 Å². The van der Waals surface area contributed by atoms with Crippen LogP contribution in [0.15, 0.2) is 180 Å². The van der Waals surface area contributed by atoms with Crippen molar-refractivity contribution in [1.29, 1.82) is 0 Å². The largest absolute Gasteiger partial charge is 0.456 e. The molecule has 0 spiro atoms. The number of rotatable bonds is 4. The van der Waals surface area contributed by atoms with Crippen molar-refractivity contribution in [3.05, 3.63) is 176 Å². The third kappa shape index (κ3) is 4.32. The molecule has 1 N–H and O–H groups in total. The normalized spacial score (nSPS) is 11.9. The number of hydrogen-bond donors (Lipinski definition) is 1. The van der Waals surface area contributed by atoms with Crippen molar-refractivity contribution in [2.45, 2.75) is 0 Å². The minimum absolute atomic E-state index is 0.912. The summed E-state index contributed by atoms with van der Waals surface area (Å²) in [5.41, 5.74) is 14.7. The number of para-hydroxylation sites is 4. The molecule has 0 aliphatic heterocycles. The molecule has 11 aromatic rings. The summed E-state index contributed by atoms with van der Waals surface area (Å²) in [5, 5.41) is 7.28. The molecule has 3 heterocycles. The Morgan fingerprint density at radius 3 is 1.73 bits per heavy atom. The molecule has 0 fully saturated rings. The summed E-state index contributed by atoms with van der Waals surface area (Å²) in [6.45, 7) is 0. The van der Waals surface area contributed by atoms with Crippen LogP contribution in [0.2, 0.25) is 0 Å². The Hall–Kier alpha value is -6.84. The fourth-order valence-corrected chi connectivity index (χ4v) is 8.14. The van der Waals surface area contributed by atoms with Crippen molar-refractivity contribution in [3.63, 3.8) is 0 Å². The standard InChI is InChI=1S/C48H30N2O/c1-4-19-44-37(14-1)38-15-2-5-20-45(38)50(44)35-23-25-43-42(29-35)41-18-9-17-36(48(41)49-43)34-13-8-12-32(27-34)30-10-7-11-31(26-30)33-22-24-40-39-16-3-6-21-46(39)51-47(40)28-33/h1-29,49H. The van der Waals surface area contributed by atoms with Gasteiger partial charge < -0.3 is 14.0 Å². The van der Waals surface area contributed by atoms with Gasteiger partial charge in [-0.25, -0.2) is 0 Å². The Bertz CT molecular complexity index is 3100. The van der Waals surface area contributed by atoms with E-state index in [2.05, 4.69) is 173 Å². The molecule has 0 radical (unpaired) electrons. The molecule has 0 bridgehead atoms. The molecule has 0 saturated heterocycles. The van der Waals surface area contributed by atoms with Crippen LogP contribution in [-0.4, -0.2) is 9.55 Å². The average Bonchev–Trinajstić information content (AvgIpc) is 3.87. The van der Waals surface area contributed by atoms with Gasteiger partial charge in [-0.1, -0.05) is 115 Å². The van der Waals surface area contributed by atoms with E-state index < -0.39 is 0 Å². The second-order valence-corrected chi connectivity index (χ2v) is 13.4. The van der Waals surface area contributed by atoms with Gasteiger partial charge in [-0.2, -0.15) is 0 Å². The van der Waals surface area contributed by atoms with Crippen LogP contribution >= 0.6 is 0 Å². The summed E-state index contributed by atoms with van der Waals surface area (Å²) < 4.78 is 8.59. The number of aromatic nitrogens is 2. The summed E-state index contributed by atoms with van der Waals surface area (Å²) in [4.78, 5) is 3.79. The molecule has 0 amide bonds. The molecule has 3 heteroatoms. The highest BCUT2D eigenvalue weighted by molar-refractivity contribution is 6.14. The van der Waals surface area contributed by atoms with Crippen molar-refractivity contribution in [1.82, 2.24) is 9.55 Å². The SMILES string of the molecule is c1cc(-c2cccc(-c3cccc4c3[nH]c3ccc(-n5c6ccccc6c6ccccc65)cc34)c2)cc(-c2ccc3c(c2)oc2ccccc23)c1. The molecule has 3 aromatic heterocycles. The van der Waals surface area contributed by atoms with E-state index in [9.17, 15) is 0 Å². The van der Waals surface area contributed by atoms with Gasteiger partial charge in [0.25, 0.3) is 0 Å². The Morgan fingerprint density at radius 1 is 0.373 bits per heavy atom. The topological polar surface area (TPSA) is 33.9 Å². The maximum absolute atomic E-state index is 6.21. The van der Waals surface area contributed by atoms with Crippen LogP contribution in [0, 0.1) is 0 Å². The summed E-state index contributed by atoms with van der Waals surface area (Å²) in [6.07, 6.45) is 0. The molecule has 11 rings (SSSR count). The van der Waals surface area contributed by atoms with Crippen molar-refractivity contribution >= 4 is 65.6 Å². The zero-order chi connectivity index (χ0) is 33.5. The summed E-state index contributed by atoms with van der Waals surface area (Å²) in [7, 11) is 0. The molecular formula is C48H30N2O. The molecule has 0 saturated carbocycles. The molecule has 3 nitrogen and oxygen atoms in total. The molecule has 0 aliphatic carbocycles. The maximum atomic E-state index is 6.21. The third-order valence-corrected chi connectivity index (χ3v) is 10.5. The molecular weight excluding hydrogens is 621 g/mol. The van der Waals surface area contributed by atoms with Crippen molar-refractivity contribution in [2.24, 2.45) is 0 Å². The summed E-state index contributed by atoms with van der Waals surface area (Å²) >= 11 is 0. The van der Waals surface area contributed by atoms with E-state index in [1.807, 2.05) is 12.1 Å². The van der Waals surface area contributed by atoms with Crippen LogP contribution in [0.1, 0.15) is 0 Å². The number of aromatic amines is 1. The summed E-state index contributed by atoms with van der Waals surface area (Å²) in [5.74, 6) is 0. The van der Waals surface area contributed by atoms with Crippen molar-refractivity contribution in [3.8, 4) is 39.1 Å². The van der Waals surface area contributed by atoms with Crippen LogP contribution < -0.4 is 0 Å². The minimum atomic E-state index is 0.912. The van der Waals surface area contributed by atoms with E-state index in [1.54, 1.807) is 0 Å². The molecule has 8 aromatic carbocycles. The van der Waals surface area contributed by atoms with E-state index in [0.717, 1.165) is 49.8 Å². The summed E-state index contributed by atoms with van der Waals surface area (Å²) in [6, 6.07) is 63.3. The molecule has 238 valence electrons. The lowest BCUT2D eigenvalue weighted by Crippen LogP contribution is -1.93. The predicted molar refractivity (Wildman–Crippen MR) is 214 cm³/mol. The Labute approximate surface area is 293 Å². The van der Waals surface area contributed by atoms with Crippen LogP contribution in [0.4, 0.5) is 0 Å². The zero-order valence-corrected chi connectivity index (χ0v) is 27.6. The predicted octanol–water partition coefficient (Wildman–Crippen LogP) is 13.3. The number of fused-ring (bicyclic) bond motifs is 9. The first-order valence-corrected chi connectivity index (χ1v) is 17.4. The quantitative estimate of drug-likeness (QED) is 0.202. The van der Waals surface area contributed by atoms with Gasteiger partial charge in [0, 0.05) is 49.1 Å². The van der Waals surface area contributed by atoms with Gasteiger partial charge in [-0.05, 0) is 88.5 Å². The second kappa shape index (κ2) is 10.8. The Kier molecular flexibility index (Phi) is 5.96. The third-order valence-electron chi connectivity index (χ3n) is 10.5. The first-order chi connectivity index (χ1) is 25.3. The first-order valence-electron chi connectivity index (χ1n) is 17.4. The first kappa shape index (κ1) is 28.0. The highest BCUT2D eigenvalue weighted by Gasteiger charge is 2.15. The Morgan fingerprint density at radius 2 is 0.961 bits per heavy atom. The van der Waals surface area contributed by atoms with Gasteiger partial charge in [0.15, 0.2) is 0 Å². The molecule has 0 aliphatic rings. The minimum Gasteiger partial charge on any atom is -0.456 e. The molecule has 51 heavy (non-hydrogen) atoms. The van der Waals surface area contributed by atoms with E-state index >= 15 is 0 Å². The highest BCUT2D eigenvalue weighted by Crippen LogP contribution is 2.39. The smallest absolute Gasteiger partial charge is 0.136 e. The van der Waals surface area contributed by atoms with E-state index in [1.165, 1.54) is 54.8 Å².